The largest absolute Gasteiger partial charge is 0.416 e. The lowest BCUT2D eigenvalue weighted by molar-refractivity contribution is -0.137. The molecule has 1 amide bonds. The van der Waals surface area contributed by atoms with E-state index < -0.39 is 17.6 Å². The normalized spacial score (nSPS) is 11.5. The van der Waals surface area contributed by atoms with Crippen LogP contribution in [0.3, 0.4) is 0 Å². The van der Waals surface area contributed by atoms with E-state index in [1.807, 2.05) is 32.0 Å². The molecule has 3 aromatic rings. The van der Waals surface area contributed by atoms with Crippen molar-refractivity contribution in [1.82, 2.24) is 15.0 Å². The molecule has 0 aliphatic carbocycles. The molecule has 140 valence electrons. The van der Waals surface area contributed by atoms with Crippen LogP contribution in [0, 0.1) is 20.8 Å². The van der Waals surface area contributed by atoms with Crippen molar-refractivity contribution in [2.45, 2.75) is 26.9 Å². The second kappa shape index (κ2) is 6.86. The average Bonchev–Trinajstić information content (AvgIpc) is 2.99. The number of hydrogen-bond acceptors (Lipinski definition) is 3. The van der Waals surface area contributed by atoms with E-state index in [2.05, 4.69) is 15.6 Å². The first-order valence-corrected chi connectivity index (χ1v) is 8.15. The first kappa shape index (κ1) is 18.6. The Morgan fingerprint density at radius 3 is 2.52 bits per heavy atom. The lowest BCUT2D eigenvalue weighted by Gasteiger charge is -2.10. The number of halogens is 3. The number of amides is 1. The van der Waals surface area contributed by atoms with Gasteiger partial charge in [0.15, 0.2) is 5.69 Å². The monoisotopic (exact) mass is 374 g/mol. The van der Waals surface area contributed by atoms with Gasteiger partial charge in [0, 0.05) is 5.69 Å². The fourth-order valence-corrected chi connectivity index (χ4v) is 2.65. The molecule has 0 aliphatic rings. The van der Waals surface area contributed by atoms with Gasteiger partial charge in [-0.05, 0) is 56.2 Å². The summed E-state index contributed by atoms with van der Waals surface area (Å²) in [5.74, 6) is -0.473. The molecular weight excluding hydrogens is 357 g/mol. The van der Waals surface area contributed by atoms with E-state index in [4.69, 9.17) is 0 Å². The maximum Gasteiger partial charge on any atom is 0.416 e. The van der Waals surface area contributed by atoms with Crippen molar-refractivity contribution in [3.63, 3.8) is 0 Å². The Morgan fingerprint density at radius 2 is 1.81 bits per heavy atom. The highest BCUT2D eigenvalue weighted by Gasteiger charge is 2.31. The lowest BCUT2D eigenvalue weighted by Crippen LogP contribution is -2.15. The zero-order valence-electron chi connectivity index (χ0n) is 14.9. The van der Waals surface area contributed by atoms with Crippen LogP contribution < -0.4 is 5.32 Å². The molecule has 0 saturated heterocycles. The maximum absolute atomic E-state index is 12.9. The topological polar surface area (TPSA) is 59.8 Å². The highest BCUT2D eigenvalue weighted by atomic mass is 19.4. The number of carbonyl (C=O) groups excluding carboxylic acids is 1. The highest BCUT2D eigenvalue weighted by Crippen LogP contribution is 2.30. The van der Waals surface area contributed by atoms with E-state index in [1.165, 1.54) is 16.8 Å². The Labute approximate surface area is 153 Å². The van der Waals surface area contributed by atoms with Gasteiger partial charge in [0.05, 0.1) is 16.9 Å². The van der Waals surface area contributed by atoms with Crippen molar-refractivity contribution in [3.8, 4) is 5.69 Å². The first-order chi connectivity index (χ1) is 12.7. The smallest absolute Gasteiger partial charge is 0.320 e. The van der Waals surface area contributed by atoms with Gasteiger partial charge in [-0.1, -0.05) is 23.4 Å². The number of anilines is 1. The second-order valence-electron chi connectivity index (χ2n) is 6.26. The van der Waals surface area contributed by atoms with Crippen molar-refractivity contribution in [3.05, 3.63) is 70.5 Å². The van der Waals surface area contributed by atoms with Gasteiger partial charge in [-0.2, -0.15) is 13.2 Å². The number of aromatic nitrogens is 3. The third-order valence-electron chi connectivity index (χ3n) is 4.17. The molecule has 0 radical (unpaired) electrons. The summed E-state index contributed by atoms with van der Waals surface area (Å²) in [6, 6.07) is 10.4. The van der Waals surface area contributed by atoms with Gasteiger partial charge >= 0.3 is 6.18 Å². The number of benzene rings is 2. The minimum atomic E-state index is -4.46. The zero-order chi connectivity index (χ0) is 19.8. The average molecular weight is 374 g/mol. The Balaban J connectivity index is 1.91. The predicted octanol–water partition coefficient (Wildman–Crippen LogP) is 4.46. The number of carbonyl (C=O) groups is 1. The summed E-state index contributed by atoms with van der Waals surface area (Å²) in [5, 5.41) is 10.5. The van der Waals surface area contributed by atoms with Gasteiger partial charge in [0.1, 0.15) is 0 Å². The van der Waals surface area contributed by atoms with Gasteiger partial charge in [0.2, 0.25) is 0 Å². The number of alkyl halides is 3. The van der Waals surface area contributed by atoms with Crippen LogP contribution in [0.1, 0.15) is 32.9 Å². The zero-order valence-corrected chi connectivity index (χ0v) is 14.9. The van der Waals surface area contributed by atoms with Crippen molar-refractivity contribution in [2.24, 2.45) is 0 Å². The number of aryl methyl sites for hydroxylation is 2. The molecule has 0 bridgehead atoms. The maximum atomic E-state index is 12.9. The van der Waals surface area contributed by atoms with Crippen LogP contribution in [0.25, 0.3) is 5.69 Å². The lowest BCUT2D eigenvalue weighted by atomic mass is 10.1. The van der Waals surface area contributed by atoms with Gasteiger partial charge in [-0.25, -0.2) is 4.68 Å². The summed E-state index contributed by atoms with van der Waals surface area (Å²) in [4.78, 5) is 12.6. The summed E-state index contributed by atoms with van der Waals surface area (Å²) < 4.78 is 40.0. The first-order valence-electron chi connectivity index (χ1n) is 8.15. The minimum Gasteiger partial charge on any atom is -0.320 e. The summed E-state index contributed by atoms with van der Waals surface area (Å²) in [6.45, 7) is 5.35. The van der Waals surface area contributed by atoms with E-state index in [1.54, 1.807) is 6.92 Å². The van der Waals surface area contributed by atoms with Crippen LogP contribution in [0.15, 0.2) is 42.5 Å². The number of nitrogens with one attached hydrogen (secondary N) is 1. The number of nitrogens with zero attached hydrogens (tertiary/aromatic N) is 3. The molecule has 5 nitrogen and oxygen atoms in total. The number of hydrogen-bond donors (Lipinski definition) is 1. The summed E-state index contributed by atoms with van der Waals surface area (Å²) in [6.07, 6.45) is -4.46. The minimum absolute atomic E-state index is 0.0494. The molecule has 1 heterocycles. The molecule has 1 aromatic heterocycles. The Kier molecular flexibility index (Phi) is 4.73. The summed E-state index contributed by atoms with van der Waals surface area (Å²) in [5.41, 5.74) is 2.30. The van der Waals surface area contributed by atoms with Crippen LogP contribution in [0.2, 0.25) is 0 Å². The number of rotatable bonds is 3. The second-order valence-corrected chi connectivity index (χ2v) is 6.26. The van der Waals surface area contributed by atoms with Crippen molar-refractivity contribution >= 4 is 11.6 Å². The molecule has 0 fully saturated rings. The molecule has 0 aliphatic heterocycles. The van der Waals surface area contributed by atoms with E-state index in [0.29, 0.717) is 11.4 Å². The van der Waals surface area contributed by atoms with Crippen molar-refractivity contribution < 1.29 is 18.0 Å². The van der Waals surface area contributed by atoms with E-state index in [-0.39, 0.29) is 11.4 Å². The third-order valence-corrected chi connectivity index (χ3v) is 4.17. The fraction of sp³-hybridized carbons (Fsp3) is 0.211. The molecular formula is C19H17F3N4O. The van der Waals surface area contributed by atoms with Gasteiger partial charge in [-0.3, -0.25) is 4.79 Å². The Hall–Kier alpha value is -3.16. The molecule has 0 spiro atoms. The SMILES string of the molecule is Cc1ccc(C)c(NC(=O)c2nnn(-c3cccc(C(F)(F)F)c3)c2C)c1. The molecule has 3 rings (SSSR count). The predicted molar refractivity (Wildman–Crippen MR) is 95.0 cm³/mol. The quantitative estimate of drug-likeness (QED) is 0.736. The standard InChI is InChI=1S/C19H17F3N4O/c1-11-7-8-12(2)16(9-11)23-18(27)17-13(3)26(25-24-17)15-6-4-5-14(10-15)19(20,21)22/h4-10H,1-3H3,(H,23,27). The molecule has 0 unspecified atom stereocenters. The van der Waals surface area contributed by atoms with E-state index >= 15 is 0 Å². The van der Waals surface area contributed by atoms with Crippen molar-refractivity contribution in [1.29, 1.82) is 0 Å². The third kappa shape index (κ3) is 3.84. The van der Waals surface area contributed by atoms with Crippen LogP contribution in [-0.2, 0) is 6.18 Å². The fourth-order valence-electron chi connectivity index (χ4n) is 2.65. The van der Waals surface area contributed by atoms with E-state index in [0.717, 1.165) is 23.3 Å². The van der Waals surface area contributed by atoms with Crippen LogP contribution in [-0.4, -0.2) is 20.9 Å². The van der Waals surface area contributed by atoms with Crippen molar-refractivity contribution in [2.75, 3.05) is 5.32 Å². The van der Waals surface area contributed by atoms with Gasteiger partial charge in [0.25, 0.3) is 5.91 Å². The summed E-state index contributed by atoms with van der Waals surface area (Å²) in [7, 11) is 0. The Bertz CT molecular complexity index is 1010. The highest BCUT2D eigenvalue weighted by molar-refractivity contribution is 6.04. The molecule has 0 atom stereocenters. The van der Waals surface area contributed by atoms with E-state index in [9.17, 15) is 18.0 Å². The molecule has 27 heavy (non-hydrogen) atoms. The van der Waals surface area contributed by atoms with Crippen LogP contribution >= 0.6 is 0 Å². The molecule has 0 saturated carbocycles. The Morgan fingerprint density at radius 1 is 1.07 bits per heavy atom. The van der Waals surface area contributed by atoms with Gasteiger partial charge < -0.3 is 5.32 Å². The van der Waals surface area contributed by atoms with Crippen LogP contribution in [0.4, 0.5) is 18.9 Å². The van der Waals surface area contributed by atoms with Crippen LogP contribution in [0.5, 0.6) is 0 Å². The summed E-state index contributed by atoms with van der Waals surface area (Å²) >= 11 is 0. The molecule has 1 N–H and O–H groups in total. The molecule has 8 heteroatoms. The van der Waals surface area contributed by atoms with Gasteiger partial charge in [-0.15, -0.1) is 5.10 Å². The molecule has 2 aromatic carbocycles.